The van der Waals surface area contributed by atoms with E-state index in [0.29, 0.717) is 5.56 Å². The predicted molar refractivity (Wildman–Crippen MR) is 76.2 cm³/mol. The van der Waals surface area contributed by atoms with Crippen molar-refractivity contribution < 1.29 is 13.2 Å². The number of amides is 1. The van der Waals surface area contributed by atoms with Gasteiger partial charge in [0, 0.05) is 12.6 Å². The number of carbonyl (C=O) groups is 1. The zero-order valence-electron chi connectivity index (χ0n) is 11.2. The van der Waals surface area contributed by atoms with Crippen molar-refractivity contribution in [2.24, 2.45) is 0 Å². The second-order valence-electron chi connectivity index (χ2n) is 4.33. The van der Waals surface area contributed by atoms with Crippen LogP contribution in [0, 0.1) is 6.92 Å². The number of aryl methyl sites for hydroxylation is 2. The van der Waals surface area contributed by atoms with Crippen LogP contribution < -0.4 is 4.72 Å². The smallest absolute Gasteiger partial charge is 0.265 e. The molecule has 1 aromatic heterocycles. The summed E-state index contributed by atoms with van der Waals surface area (Å²) >= 11 is 5.97. The molecule has 0 atom stereocenters. The van der Waals surface area contributed by atoms with Crippen LogP contribution in [0.5, 0.6) is 0 Å². The molecule has 7 nitrogen and oxygen atoms in total. The molecule has 1 N–H and O–H groups in total. The molecule has 0 fully saturated rings. The molecule has 0 radical (unpaired) electrons. The Hall–Kier alpha value is -1.93. The third-order valence-corrected chi connectivity index (χ3v) is 4.76. The van der Waals surface area contributed by atoms with Gasteiger partial charge in [-0.15, -0.1) is 5.10 Å². The summed E-state index contributed by atoms with van der Waals surface area (Å²) in [5, 5.41) is 7.38. The number of aromatic nitrogens is 3. The molecular formula is C12H13ClN4O3S. The molecule has 1 heterocycles. The van der Waals surface area contributed by atoms with Gasteiger partial charge in [0.1, 0.15) is 4.90 Å². The van der Waals surface area contributed by atoms with Gasteiger partial charge in [0.15, 0.2) is 0 Å². The van der Waals surface area contributed by atoms with Crippen LogP contribution in [0.25, 0.3) is 0 Å². The lowest BCUT2D eigenvalue weighted by Gasteiger charge is -2.09. The number of halogens is 1. The van der Waals surface area contributed by atoms with E-state index in [1.54, 1.807) is 25.3 Å². The summed E-state index contributed by atoms with van der Waals surface area (Å²) in [4.78, 5) is 11.6. The average molecular weight is 329 g/mol. The number of carbonyl (C=O) groups excluding carboxylic acids is 1. The molecular weight excluding hydrogens is 316 g/mol. The first-order valence-electron chi connectivity index (χ1n) is 6.05. The summed E-state index contributed by atoms with van der Waals surface area (Å²) in [6, 6.07) is 4.60. The molecule has 2 aromatic rings. The number of rotatable bonds is 5. The van der Waals surface area contributed by atoms with Gasteiger partial charge in [-0.3, -0.25) is 9.48 Å². The van der Waals surface area contributed by atoms with Gasteiger partial charge in [0.2, 0.25) is 5.91 Å². The predicted octanol–water partition coefficient (Wildman–Crippen LogP) is 1.14. The van der Waals surface area contributed by atoms with Crippen LogP contribution in [-0.2, 0) is 21.4 Å². The van der Waals surface area contributed by atoms with Crippen LogP contribution in [0.2, 0.25) is 5.02 Å². The van der Waals surface area contributed by atoms with Gasteiger partial charge in [-0.25, -0.2) is 13.1 Å². The molecule has 0 unspecified atom stereocenters. The number of sulfonamides is 1. The van der Waals surface area contributed by atoms with E-state index in [1.165, 1.54) is 16.9 Å². The molecule has 1 amide bonds. The maximum atomic E-state index is 12.1. The molecule has 0 spiro atoms. The van der Waals surface area contributed by atoms with E-state index in [-0.39, 0.29) is 22.9 Å². The van der Waals surface area contributed by atoms with Crippen LogP contribution >= 0.6 is 11.6 Å². The fourth-order valence-corrected chi connectivity index (χ4v) is 3.25. The number of nitrogens with one attached hydrogen (secondary N) is 1. The third-order valence-electron chi connectivity index (χ3n) is 2.73. The molecule has 112 valence electrons. The lowest BCUT2D eigenvalue weighted by Crippen LogP contribution is -2.31. The van der Waals surface area contributed by atoms with Crippen molar-refractivity contribution in [3.8, 4) is 0 Å². The van der Waals surface area contributed by atoms with Crippen molar-refractivity contribution >= 4 is 27.5 Å². The largest absolute Gasteiger partial charge is 0.274 e. The van der Waals surface area contributed by atoms with Crippen molar-refractivity contribution in [1.82, 2.24) is 19.7 Å². The van der Waals surface area contributed by atoms with Crippen LogP contribution in [0.1, 0.15) is 12.0 Å². The summed E-state index contributed by atoms with van der Waals surface area (Å²) in [5.41, 5.74) is 0.620. The van der Waals surface area contributed by atoms with E-state index in [2.05, 4.69) is 10.3 Å². The first kappa shape index (κ1) is 15.5. The highest BCUT2D eigenvalue weighted by molar-refractivity contribution is 7.90. The highest BCUT2D eigenvalue weighted by Gasteiger charge is 2.21. The molecule has 1 aromatic carbocycles. The maximum absolute atomic E-state index is 12.1. The maximum Gasteiger partial charge on any atom is 0.265 e. The SMILES string of the molecule is Cc1cccc(S(=O)(=O)NC(=O)CCn2ccnn2)c1Cl. The number of hydrogen-bond donors (Lipinski definition) is 1. The van der Waals surface area contributed by atoms with Crippen LogP contribution in [-0.4, -0.2) is 29.3 Å². The Kier molecular flexibility index (Phi) is 4.59. The Morgan fingerprint density at radius 1 is 1.43 bits per heavy atom. The summed E-state index contributed by atoms with van der Waals surface area (Å²) < 4.78 is 27.7. The second-order valence-corrected chi connectivity index (χ2v) is 6.36. The van der Waals surface area contributed by atoms with Crippen molar-refractivity contribution in [3.63, 3.8) is 0 Å². The van der Waals surface area contributed by atoms with Crippen LogP contribution in [0.4, 0.5) is 0 Å². The zero-order chi connectivity index (χ0) is 15.5. The minimum atomic E-state index is -3.98. The molecule has 0 saturated carbocycles. The van der Waals surface area contributed by atoms with Gasteiger partial charge in [0.25, 0.3) is 10.0 Å². The highest BCUT2D eigenvalue weighted by atomic mass is 35.5. The summed E-state index contributed by atoms with van der Waals surface area (Å²) in [6.45, 7) is 1.93. The Labute approximate surface area is 127 Å². The van der Waals surface area contributed by atoms with Gasteiger partial charge in [-0.2, -0.15) is 0 Å². The lowest BCUT2D eigenvalue weighted by atomic mass is 10.2. The van der Waals surface area contributed by atoms with Crippen LogP contribution in [0.15, 0.2) is 35.5 Å². The normalized spacial score (nSPS) is 11.3. The second kappa shape index (κ2) is 6.23. The van der Waals surface area contributed by atoms with E-state index >= 15 is 0 Å². The van der Waals surface area contributed by atoms with Gasteiger partial charge < -0.3 is 0 Å². The van der Waals surface area contributed by atoms with Gasteiger partial charge >= 0.3 is 0 Å². The molecule has 0 saturated heterocycles. The fraction of sp³-hybridized carbons (Fsp3) is 0.250. The average Bonchev–Trinajstić information content (AvgIpc) is 2.92. The van der Waals surface area contributed by atoms with Gasteiger partial charge in [0.05, 0.1) is 17.8 Å². The van der Waals surface area contributed by atoms with Crippen molar-refractivity contribution in [2.45, 2.75) is 24.8 Å². The minimum Gasteiger partial charge on any atom is -0.274 e. The monoisotopic (exact) mass is 328 g/mol. The molecule has 0 aliphatic rings. The summed E-state index contributed by atoms with van der Waals surface area (Å²) in [6.07, 6.45) is 3.02. The van der Waals surface area contributed by atoms with Crippen molar-refractivity contribution in [2.75, 3.05) is 0 Å². The molecule has 9 heteroatoms. The van der Waals surface area contributed by atoms with E-state index in [1.807, 2.05) is 4.72 Å². The van der Waals surface area contributed by atoms with Crippen molar-refractivity contribution in [3.05, 3.63) is 41.2 Å². The molecule has 0 aliphatic heterocycles. The van der Waals surface area contributed by atoms with Gasteiger partial charge in [-0.1, -0.05) is 28.9 Å². The van der Waals surface area contributed by atoms with Gasteiger partial charge in [-0.05, 0) is 18.6 Å². The van der Waals surface area contributed by atoms with E-state index in [9.17, 15) is 13.2 Å². The Balaban J connectivity index is 2.06. The lowest BCUT2D eigenvalue weighted by molar-refractivity contribution is -0.119. The van der Waals surface area contributed by atoms with E-state index in [4.69, 9.17) is 11.6 Å². The molecule has 21 heavy (non-hydrogen) atoms. The van der Waals surface area contributed by atoms with E-state index < -0.39 is 15.9 Å². The number of nitrogens with zero attached hydrogens (tertiary/aromatic N) is 3. The quantitative estimate of drug-likeness (QED) is 0.888. The standard InChI is InChI=1S/C12H13ClN4O3S/c1-9-3-2-4-10(12(9)13)21(19,20)15-11(18)5-7-17-8-6-14-16-17/h2-4,6,8H,5,7H2,1H3,(H,15,18). The first-order chi connectivity index (χ1) is 9.90. The van der Waals surface area contributed by atoms with Crippen LogP contribution in [0.3, 0.4) is 0 Å². The number of benzene rings is 1. The van der Waals surface area contributed by atoms with Crippen molar-refractivity contribution in [1.29, 1.82) is 0 Å². The molecule has 2 rings (SSSR count). The zero-order valence-corrected chi connectivity index (χ0v) is 12.7. The molecule has 0 aliphatic carbocycles. The molecule has 0 bridgehead atoms. The highest BCUT2D eigenvalue weighted by Crippen LogP contribution is 2.24. The Morgan fingerprint density at radius 2 is 2.19 bits per heavy atom. The Bertz CT molecular complexity index is 744. The summed E-state index contributed by atoms with van der Waals surface area (Å²) in [5.74, 6) is -0.636. The summed E-state index contributed by atoms with van der Waals surface area (Å²) in [7, 11) is -3.98. The first-order valence-corrected chi connectivity index (χ1v) is 7.91. The third kappa shape index (κ3) is 3.79. The van der Waals surface area contributed by atoms with E-state index in [0.717, 1.165) is 0 Å². The topological polar surface area (TPSA) is 94.0 Å². The Morgan fingerprint density at radius 3 is 2.86 bits per heavy atom. The minimum absolute atomic E-state index is 0.0357. The fourth-order valence-electron chi connectivity index (χ4n) is 1.65. The number of hydrogen-bond acceptors (Lipinski definition) is 5.